The summed E-state index contributed by atoms with van der Waals surface area (Å²) in [6, 6.07) is 0. The highest BCUT2D eigenvalue weighted by Gasteiger charge is 2.09. The van der Waals surface area contributed by atoms with Crippen LogP contribution in [0.2, 0.25) is 0 Å². The fraction of sp³-hybridized carbons (Fsp3) is 0.625. The van der Waals surface area contributed by atoms with E-state index in [4.69, 9.17) is 11.5 Å². The van der Waals surface area contributed by atoms with Crippen LogP contribution < -0.4 is 33.0 Å². The van der Waals surface area contributed by atoms with Crippen molar-refractivity contribution in [2.45, 2.75) is 20.0 Å². The van der Waals surface area contributed by atoms with Crippen molar-refractivity contribution in [3.8, 4) is 0 Å². The van der Waals surface area contributed by atoms with Crippen LogP contribution >= 0.6 is 0 Å². The highest BCUT2D eigenvalue weighted by Crippen LogP contribution is 1.91. The van der Waals surface area contributed by atoms with Crippen molar-refractivity contribution in [3.63, 3.8) is 0 Å². The number of hydrogen-bond donors (Lipinski definition) is 2. The SMILES string of the molecule is Cc1n(CCN)cc[n+]1CCN.[Br-]. The zero-order valence-electron chi connectivity index (χ0n) is 7.91. The van der Waals surface area contributed by atoms with Crippen molar-refractivity contribution in [2.75, 3.05) is 13.1 Å². The van der Waals surface area contributed by atoms with Crippen LogP contribution in [0.25, 0.3) is 0 Å². The molecule has 0 aliphatic rings. The van der Waals surface area contributed by atoms with Gasteiger partial charge >= 0.3 is 0 Å². The lowest BCUT2D eigenvalue weighted by atomic mass is 10.5. The van der Waals surface area contributed by atoms with Crippen LogP contribution in [0.4, 0.5) is 0 Å². The summed E-state index contributed by atoms with van der Waals surface area (Å²) in [6.45, 7) is 5.19. The minimum Gasteiger partial charge on any atom is -1.00 e. The van der Waals surface area contributed by atoms with E-state index in [1.165, 1.54) is 5.82 Å². The van der Waals surface area contributed by atoms with Crippen molar-refractivity contribution in [1.29, 1.82) is 0 Å². The Hall–Kier alpha value is -0.390. The summed E-state index contributed by atoms with van der Waals surface area (Å²) in [5.74, 6) is 1.21. The molecule has 0 atom stereocenters. The lowest BCUT2D eigenvalue weighted by Crippen LogP contribution is -3.00. The van der Waals surface area contributed by atoms with Gasteiger partial charge in [-0.25, -0.2) is 9.13 Å². The Balaban J connectivity index is 0.00000144. The van der Waals surface area contributed by atoms with Crippen molar-refractivity contribution in [3.05, 3.63) is 18.2 Å². The third kappa shape index (κ3) is 3.10. The fourth-order valence-corrected chi connectivity index (χ4v) is 1.29. The molecule has 0 bridgehead atoms. The summed E-state index contributed by atoms with van der Waals surface area (Å²) in [6.07, 6.45) is 4.08. The van der Waals surface area contributed by atoms with E-state index >= 15 is 0 Å². The van der Waals surface area contributed by atoms with Gasteiger partial charge in [-0.05, 0) is 0 Å². The summed E-state index contributed by atoms with van der Waals surface area (Å²) in [4.78, 5) is 0. The van der Waals surface area contributed by atoms with Crippen LogP contribution in [-0.4, -0.2) is 17.7 Å². The zero-order valence-corrected chi connectivity index (χ0v) is 9.50. The zero-order chi connectivity index (χ0) is 8.97. The number of hydrogen-bond acceptors (Lipinski definition) is 2. The summed E-state index contributed by atoms with van der Waals surface area (Å²) >= 11 is 0. The molecule has 0 unspecified atom stereocenters. The first-order chi connectivity index (χ1) is 5.79. The standard InChI is InChI=1S/C8H17N4.BrH/c1-8-11(4-2-9)6-7-12(8)5-3-10;/h6-7H,2-5,9-10H2,1H3;1H/q+1;/p-1. The molecule has 0 aliphatic heterocycles. The van der Waals surface area contributed by atoms with E-state index < -0.39 is 0 Å². The average Bonchev–Trinajstić information content (AvgIpc) is 2.38. The lowest BCUT2D eigenvalue weighted by Gasteiger charge is -1.97. The van der Waals surface area contributed by atoms with E-state index in [1.54, 1.807) is 0 Å². The smallest absolute Gasteiger partial charge is 0.253 e. The minimum atomic E-state index is 0. The Labute approximate surface area is 89.3 Å². The predicted octanol–water partition coefficient (Wildman–Crippen LogP) is -3.99. The van der Waals surface area contributed by atoms with Crippen LogP contribution in [0, 0.1) is 6.92 Å². The van der Waals surface area contributed by atoms with Gasteiger partial charge in [0.15, 0.2) is 0 Å². The maximum absolute atomic E-state index is 5.46. The fourth-order valence-electron chi connectivity index (χ4n) is 1.29. The molecule has 0 fully saturated rings. The van der Waals surface area contributed by atoms with Gasteiger partial charge in [0.1, 0.15) is 25.5 Å². The molecule has 0 aliphatic carbocycles. The topological polar surface area (TPSA) is 60.8 Å². The Bertz CT molecular complexity index is 223. The van der Waals surface area contributed by atoms with Crippen LogP contribution in [0.5, 0.6) is 0 Å². The molecule has 1 heterocycles. The molecule has 0 spiro atoms. The van der Waals surface area contributed by atoms with E-state index in [2.05, 4.69) is 16.1 Å². The second-order valence-electron chi connectivity index (χ2n) is 2.81. The normalized spacial score (nSPS) is 9.77. The molecule has 4 nitrogen and oxygen atoms in total. The molecule has 4 N–H and O–H groups in total. The van der Waals surface area contributed by atoms with Gasteiger partial charge in [-0.15, -0.1) is 0 Å². The summed E-state index contributed by atoms with van der Waals surface area (Å²) in [7, 11) is 0. The van der Waals surface area contributed by atoms with Crippen LogP contribution in [-0.2, 0) is 13.1 Å². The molecule has 0 amide bonds. The van der Waals surface area contributed by atoms with Crippen LogP contribution in [0.3, 0.4) is 0 Å². The third-order valence-corrected chi connectivity index (χ3v) is 2.00. The van der Waals surface area contributed by atoms with Gasteiger partial charge in [0, 0.05) is 20.0 Å². The van der Waals surface area contributed by atoms with Crippen molar-refractivity contribution >= 4 is 0 Å². The highest BCUT2D eigenvalue weighted by molar-refractivity contribution is 4.79. The molecule has 76 valence electrons. The summed E-state index contributed by atoms with van der Waals surface area (Å²) < 4.78 is 4.27. The molecular weight excluding hydrogens is 232 g/mol. The minimum absolute atomic E-state index is 0. The van der Waals surface area contributed by atoms with Gasteiger partial charge in [0.25, 0.3) is 5.82 Å². The second kappa shape index (κ2) is 6.12. The van der Waals surface area contributed by atoms with E-state index in [-0.39, 0.29) is 17.0 Å². The molecule has 1 rings (SSSR count). The molecule has 5 heteroatoms. The van der Waals surface area contributed by atoms with Gasteiger partial charge in [-0.1, -0.05) is 0 Å². The first-order valence-electron chi connectivity index (χ1n) is 4.25. The molecule has 0 saturated heterocycles. The van der Waals surface area contributed by atoms with Gasteiger partial charge < -0.3 is 28.4 Å². The molecule has 1 aromatic rings. The first-order valence-corrected chi connectivity index (χ1v) is 4.25. The van der Waals surface area contributed by atoms with E-state index in [9.17, 15) is 0 Å². The molecule has 0 radical (unpaired) electrons. The maximum Gasteiger partial charge on any atom is 0.253 e. The van der Waals surface area contributed by atoms with Crippen molar-refractivity contribution in [1.82, 2.24) is 4.57 Å². The Morgan fingerprint density at radius 3 is 2.62 bits per heavy atom. The van der Waals surface area contributed by atoms with Gasteiger partial charge in [0.05, 0.1) is 0 Å². The van der Waals surface area contributed by atoms with Crippen molar-refractivity contribution < 1.29 is 21.5 Å². The first kappa shape index (κ1) is 12.6. The van der Waals surface area contributed by atoms with Gasteiger partial charge in [-0.3, -0.25) is 0 Å². The number of imidazole rings is 1. The van der Waals surface area contributed by atoms with E-state index in [1.807, 2.05) is 12.4 Å². The van der Waals surface area contributed by atoms with Crippen LogP contribution in [0.15, 0.2) is 12.4 Å². The maximum atomic E-state index is 5.46. The number of nitrogens with zero attached hydrogens (tertiary/aromatic N) is 2. The largest absolute Gasteiger partial charge is 1.00 e. The number of aromatic nitrogens is 2. The predicted molar refractivity (Wildman–Crippen MR) is 47.5 cm³/mol. The Morgan fingerprint density at radius 1 is 1.38 bits per heavy atom. The molecular formula is C8H17BrN4. The quantitative estimate of drug-likeness (QED) is 0.534. The van der Waals surface area contributed by atoms with E-state index in [0.717, 1.165) is 13.1 Å². The highest BCUT2D eigenvalue weighted by atomic mass is 79.9. The van der Waals surface area contributed by atoms with E-state index in [0.29, 0.717) is 13.1 Å². The molecule has 0 saturated carbocycles. The summed E-state index contributed by atoms with van der Waals surface area (Å²) in [5.41, 5.74) is 10.9. The molecule has 1 aromatic heterocycles. The third-order valence-electron chi connectivity index (χ3n) is 2.00. The lowest BCUT2D eigenvalue weighted by molar-refractivity contribution is -0.700. The van der Waals surface area contributed by atoms with Crippen LogP contribution in [0.1, 0.15) is 5.82 Å². The number of halogens is 1. The average molecular weight is 249 g/mol. The summed E-state index contributed by atoms with van der Waals surface area (Å²) in [5, 5.41) is 0. The molecule has 0 aromatic carbocycles. The number of nitrogens with two attached hydrogens (primary N) is 2. The molecule has 13 heavy (non-hydrogen) atoms. The Morgan fingerprint density at radius 2 is 2.08 bits per heavy atom. The number of rotatable bonds is 4. The van der Waals surface area contributed by atoms with Crippen molar-refractivity contribution in [2.24, 2.45) is 11.5 Å². The monoisotopic (exact) mass is 248 g/mol. The second-order valence-corrected chi connectivity index (χ2v) is 2.81. The van der Waals surface area contributed by atoms with Gasteiger partial charge in [-0.2, -0.15) is 0 Å². The Kier molecular flexibility index (Phi) is 5.94. The van der Waals surface area contributed by atoms with Gasteiger partial charge in [0.2, 0.25) is 0 Å².